The number of aryl methyl sites for hydroxylation is 1. The number of halogens is 1. The molecule has 0 bridgehead atoms. The molecule has 0 spiro atoms. The van der Waals surface area contributed by atoms with Crippen LogP contribution in [0.25, 0.3) is 22.4 Å². The third kappa shape index (κ3) is 3.68. The second kappa shape index (κ2) is 7.47. The van der Waals surface area contributed by atoms with E-state index in [1.807, 2.05) is 13.0 Å². The number of carbonyl (C=O) groups excluding carboxylic acids is 1. The van der Waals surface area contributed by atoms with E-state index in [4.69, 9.17) is 13.7 Å². The van der Waals surface area contributed by atoms with Crippen molar-refractivity contribution in [2.45, 2.75) is 13.5 Å². The van der Waals surface area contributed by atoms with Crippen LogP contribution in [0.2, 0.25) is 0 Å². The highest BCUT2D eigenvalue weighted by atomic mass is 19.1. The van der Waals surface area contributed by atoms with Crippen LogP contribution in [0.3, 0.4) is 0 Å². The number of amides is 1. The fourth-order valence-electron chi connectivity index (χ4n) is 2.63. The summed E-state index contributed by atoms with van der Waals surface area (Å²) in [5, 5.41) is 7.07. The maximum absolute atomic E-state index is 13.2. The number of hydrogen-bond acceptors (Lipinski definition) is 7. The third-order valence-corrected chi connectivity index (χ3v) is 3.95. The van der Waals surface area contributed by atoms with Gasteiger partial charge in [-0.2, -0.15) is 4.98 Å². The van der Waals surface area contributed by atoms with Crippen molar-refractivity contribution in [2.75, 3.05) is 6.61 Å². The normalized spacial score (nSPS) is 10.9. The Morgan fingerprint density at radius 2 is 2.00 bits per heavy atom. The van der Waals surface area contributed by atoms with Gasteiger partial charge in [-0.25, -0.2) is 9.37 Å². The molecule has 0 radical (unpaired) electrons. The molecular formula is C19H15FN4O4. The van der Waals surface area contributed by atoms with E-state index in [0.717, 1.165) is 5.76 Å². The minimum atomic E-state index is -0.368. The highest BCUT2D eigenvalue weighted by molar-refractivity contribution is 5.93. The molecule has 0 aliphatic carbocycles. The number of benzene rings is 1. The summed E-state index contributed by atoms with van der Waals surface area (Å²) in [6.45, 7) is 1.82. The van der Waals surface area contributed by atoms with Gasteiger partial charge in [0, 0.05) is 5.56 Å². The molecule has 9 heteroatoms. The molecule has 0 saturated carbocycles. The second-order valence-corrected chi connectivity index (χ2v) is 5.97. The first-order chi connectivity index (χ1) is 13.6. The Labute approximate surface area is 158 Å². The van der Waals surface area contributed by atoms with Crippen LogP contribution in [-0.4, -0.2) is 27.6 Å². The van der Waals surface area contributed by atoms with E-state index in [-0.39, 0.29) is 36.5 Å². The SMILES string of the molecule is Cc1ccc(CNC(=O)COc2ncnc3onc(-c4ccc(F)cc4)c23)o1. The predicted molar refractivity (Wildman–Crippen MR) is 95.8 cm³/mol. The number of nitrogens with one attached hydrogen (secondary N) is 1. The highest BCUT2D eigenvalue weighted by Crippen LogP contribution is 2.32. The van der Waals surface area contributed by atoms with Gasteiger partial charge >= 0.3 is 0 Å². The fourth-order valence-corrected chi connectivity index (χ4v) is 2.63. The van der Waals surface area contributed by atoms with Crippen LogP contribution in [-0.2, 0) is 11.3 Å². The zero-order valence-electron chi connectivity index (χ0n) is 14.8. The summed E-state index contributed by atoms with van der Waals surface area (Å²) in [6.07, 6.45) is 1.25. The van der Waals surface area contributed by atoms with Crippen LogP contribution in [0, 0.1) is 12.7 Å². The average molecular weight is 382 g/mol. The van der Waals surface area contributed by atoms with Crippen LogP contribution in [0.1, 0.15) is 11.5 Å². The molecule has 1 aromatic carbocycles. The van der Waals surface area contributed by atoms with Crippen molar-refractivity contribution in [3.63, 3.8) is 0 Å². The Kier molecular flexibility index (Phi) is 4.71. The van der Waals surface area contributed by atoms with Gasteiger partial charge in [-0.3, -0.25) is 4.79 Å². The first kappa shape index (κ1) is 17.7. The monoisotopic (exact) mass is 382 g/mol. The smallest absolute Gasteiger partial charge is 0.265 e. The zero-order valence-corrected chi connectivity index (χ0v) is 14.8. The lowest BCUT2D eigenvalue weighted by molar-refractivity contribution is -0.123. The van der Waals surface area contributed by atoms with Gasteiger partial charge in [0.1, 0.15) is 34.7 Å². The third-order valence-electron chi connectivity index (χ3n) is 3.95. The summed E-state index contributed by atoms with van der Waals surface area (Å²) in [4.78, 5) is 20.1. The molecule has 28 heavy (non-hydrogen) atoms. The van der Waals surface area contributed by atoms with Gasteiger partial charge in [0.2, 0.25) is 5.88 Å². The zero-order chi connectivity index (χ0) is 19.5. The molecule has 8 nitrogen and oxygen atoms in total. The summed E-state index contributed by atoms with van der Waals surface area (Å²) >= 11 is 0. The lowest BCUT2D eigenvalue weighted by Gasteiger charge is -2.07. The fraction of sp³-hybridized carbons (Fsp3) is 0.158. The van der Waals surface area contributed by atoms with Crippen LogP contribution in [0.4, 0.5) is 4.39 Å². The molecule has 0 aliphatic rings. The predicted octanol–water partition coefficient (Wildman–Crippen LogP) is 3.02. The molecule has 1 N–H and O–H groups in total. The van der Waals surface area contributed by atoms with E-state index >= 15 is 0 Å². The van der Waals surface area contributed by atoms with Crippen LogP contribution >= 0.6 is 0 Å². The van der Waals surface area contributed by atoms with Crippen molar-refractivity contribution < 1.29 is 22.9 Å². The Morgan fingerprint density at radius 1 is 1.18 bits per heavy atom. The number of carbonyl (C=O) groups is 1. The number of ether oxygens (including phenoxy) is 1. The van der Waals surface area contributed by atoms with Crippen LogP contribution in [0.5, 0.6) is 5.88 Å². The Bertz CT molecular complexity index is 1120. The Morgan fingerprint density at radius 3 is 2.75 bits per heavy atom. The Balaban J connectivity index is 1.49. The molecule has 142 valence electrons. The Hall–Kier alpha value is -3.75. The largest absolute Gasteiger partial charge is 0.467 e. The van der Waals surface area contributed by atoms with Crippen LogP contribution < -0.4 is 10.1 Å². The van der Waals surface area contributed by atoms with Gasteiger partial charge in [-0.15, -0.1) is 0 Å². The topological polar surface area (TPSA) is 103 Å². The molecule has 1 amide bonds. The van der Waals surface area contributed by atoms with E-state index in [2.05, 4.69) is 20.4 Å². The van der Waals surface area contributed by atoms with E-state index in [1.165, 1.54) is 18.5 Å². The number of furan rings is 1. The number of rotatable bonds is 6. The van der Waals surface area contributed by atoms with Gasteiger partial charge in [0.15, 0.2) is 6.61 Å². The molecule has 4 rings (SSSR count). The minimum absolute atomic E-state index is 0.148. The van der Waals surface area contributed by atoms with Crippen molar-refractivity contribution >= 4 is 17.0 Å². The number of nitrogens with zero attached hydrogens (tertiary/aromatic N) is 3. The maximum atomic E-state index is 13.2. The van der Waals surface area contributed by atoms with Gasteiger partial charge in [-0.1, -0.05) is 5.16 Å². The van der Waals surface area contributed by atoms with E-state index in [0.29, 0.717) is 22.4 Å². The van der Waals surface area contributed by atoms with Crippen LogP contribution in [0.15, 0.2) is 51.7 Å². The van der Waals surface area contributed by atoms with E-state index < -0.39 is 0 Å². The van der Waals surface area contributed by atoms with Crippen molar-refractivity contribution in [3.8, 4) is 17.1 Å². The van der Waals surface area contributed by atoms with E-state index in [1.54, 1.807) is 18.2 Å². The molecule has 0 saturated heterocycles. The minimum Gasteiger partial charge on any atom is -0.467 e. The first-order valence-corrected chi connectivity index (χ1v) is 8.41. The molecule has 4 aromatic rings. The highest BCUT2D eigenvalue weighted by Gasteiger charge is 2.18. The van der Waals surface area contributed by atoms with Gasteiger partial charge in [-0.05, 0) is 43.3 Å². The van der Waals surface area contributed by atoms with Gasteiger partial charge in [0.25, 0.3) is 11.6 Å². The van der Waals surface area contributed by atoms with E-state index in [9.17, 15) is 9.18 Å². The number of hydrogen-bond donors (Lipinski definition) is 1. The van der Waals surface area contributed by atoms with Gasteiger partial charge < -0.3 is 19.0 Å². The second-order valence-electron chi connectivity index (χ2n) is 5.97. The molecule has 0 aliphatic heterocycles. The molecule has 0 atom stereocenters. The van der Waals surface area contributed by atoms with Gasteiger partial charge in [0.05, 0.1) is 6.54 Å². The lowest BCUT2D eigenvalue weighted by Crippen LogP contribution is -2.28. The molecular weight excluding hydrogens is 367 g/mol. The molecule has 3 heterocycles. The summed E-state index contributed by atoms with van der Waals surface area (Å²) in [5.41, 5.74) is 1.21. The first-order valence-electron chi connectivity index (χ1n) is 8.41. The van der Waals surface area contributed by atoms with Crippen molar-refractivity contribution in [1.82, 2.24) is 20.4 Å². The summed E-state index contributed by atoms with van der Waals surface area (Å²) in [6, 6.07) is 9.34. The molecule has 0 unspecified atom stereocenters. The summed E-state index contributed by atoms with van der Waals surface area (Å²) < 4.78 is 29.3. The quantitative estimate of drug-likeness (QED) is 0.547. The summed E-state index contributed by atoms with van der Waals surface area (Å²) in [5.74, 6) is 0.848. The number of aromatic nitrogens is 3. The van der Waals surface area contributed by atoms with Crippen molar-refractivity contribution in [1.29, 1.82) is 0 Å². The average Bonchev–Trinajstić information content (AvgIpc) is 3.32. The standard InChI is InChI=1S/C19H15FN4O4/c1-11-2-7-14(27-11)8-21-15(25)9-26-18-16-17(12-3-5-13(20)6-4-12)24-28-19(16)23-10-22-18/h2-7,10H,8-9H2,1H3,(H,21,25). The van der Waals surface area contributed by atoms with Crippen molar-refractivity contribution in [3.05, 3.63) is 60.1 Å². The molecule has 0 fully saturated rings. The molecule has 3 aromatic heterocycles. The van der Waals surface area contributed by atoms with Crippen molar-refractivity contribution in [2.24, 2.45) is 0 Å². The summed E-state index contributed by atoms with van der Waals surface area (Å²) in [7, 11) is 0. The maximum Gasteiger partial charge on any atom is 0.265 e. The number of fused-ring (bicyclic) bond motifs is 1. The lowest BCUT2D eigenvalue weighted by atomic mass is 10.1.